The molecule has 1 aliphatic rings. The molecule has 1 aromatic carbocycles. The maximum atomic E-state index is 5.69. The van der Waals surface area contributed by atoms with Crippen LogP contribution < -0.4 is 5.73 Å². The van der Waals surface area contributed by atoms with Gasteiger partial charge < -0.3 is 15.0 Å². The fourth-order valence-corrected chi connectivity index (χ4v) is 3.22. The number of nitrogens with zero attached hydrogens (tertiary/aromatic N) is 1. The van der Waals surface area contributed by atoms with Crippen molar-refractivity contribution in [2.75, 3.05) is 13.2 Å². The highest BCUT2D eigenvalue weighted by Crippen LogP contribution is 2.22. The van der Waals surface area contributed by atoms with Crippen molar-refractivity contribution in [3.05, 3.63) is 36.0 Å². The van der Waals surface area contributed by atoms with Gasteiger partial charge in [-0.2, -0.15) is 0 Å². The fraction of sp³-hybridized carbons (Fsp3) is 0.529. The van der Waals surface area contributed by atoms with Gasteiger partial charge in [0, 0.05) is 30.3 Å². The van der Waals surface area contributed by atoms with Crippen LogP contribution in [-0.2, 0) is 17.7 Å². The Kier molecular flexibility index (Phi) is 4.38. The zero-order chi connectivity index (χ0) is 13.8. The minimum atomic E-state index is 0.504. The van der Waals surface area contributed by atoms with E-state index in [9.17, 15) is 0 Å². The Hall–Kier alpha value is -1.32. The Morgan fingerprint density at radius 3 is 3.05 bits per heavy atom. The molecule has 0 radical (unpaired) electrons. The van der Waals surface area contributed by atoms with Gasteiger partial charge in [0.1, 0.15) is 0 Å². The van der Waals surface area contributed by atoms with Crippen LogP contribution in [0.4, 0.5) is 0 Å². The van der Waals surface area contributed by atoms with Gasteiger partial charge >= 0.3 is 0 Å². The molecule has 0 bridgehead atoms. The van der Waals surface area contributed by atoms with Gasteiger partial charge in [0.25, 0.3) is 0 Å². The van der Waals surface area contributed by atoms with Crippen molar-refractivity contribution in [2.45, 2.75) is 44.8 Å². The molecule has 0 spiro atoms. The maximum absolute atomic E-state index is 5.69. The smallest absolute Gasteiger partial charge is 0.0576 e. The van der Waals surface area contributed by atoms with Crippen molar-refractivity contribution >= 4 is 10.9 Å². The summed E-state index contributed by atoms with van der Waals surface area (Å²) in [6.07, 6.45) is 8.52. The molecule has 20 heavy (non-hydrogen) atoms. The number of rotatable bonds is 6. The molecule has 0 amide bonds. The van der Waals surface area contributed by atoms with Crippen LogP contribution in [0.5, 0.6) is 0 Å². The van der Waals surface area contributed by atoms with E-state index < -0.39 is 0 Å². The fourth-order valence-electron chi connectivity index (χ4n) is 3.22. The lowest BCUT2D eigenvalue weighted by Gasteiger charge is -2.10. The number of fused-ring (bicyclic) bond motifs is 1. The summed E-state index contributed by atoms with van der Waals surface area (Å²) < 4.78 is 8.05. The lowest BCUT2D eigenvalue weighted by molar-refractivity contribution is 0.101. The summed E-state index contributed by atoms with van der Waals surface area (Å²) in [6.45, 7) is 2.75. The van der Waals surface area contributed by atoms with E-state index in [-0.39, 0.29) is 0 Å². The first-order valence-electron chi connectivity index (χ1n) is 7.77. The number of benzene rings is 1. The lowest BCUT2D eigenvalue weighted by Crippen LogP contribution is -2.07. The molecular weight excluding hydrogens is 248 g/mol. The SMILES string of the molecule is NCCc1cccc2c1ccn2CCCC1CCCO1. The molecule has 3 nitrogen and oxygen atoms in total. The van der Waals surface area contributed by atoms with Crippen molar-refractivity contribution in [1.29, 1.82) is 0 Å². The standard InChI is InChI=1S/C17H24N2O/c18-10-8-14-4-1-7-17-16(14)9-12-19(17)11-2-5-15-6-3-13-20-15/h1,4,7,9,12,15H,2-3,5-6,8,10-11,13,18H2. The van der Waals surface area contributed by atoms with Crippen LogP contribution in [0.15, 0.2) is 30.5 Å². The van der Waals surface area contributed by atoms with Gasteiger partial charge in [-0.1, -0.05) is 12.1 Å². The molecule has 1 aliphatic heterocycles. The van der Waals surface area contributed by atoms with Crippen LogP contribution in [0.25, 0.3) is 10.9 Å². The lowest BCUT2D eigenvalue weighted by atomic mass is 10.1. The summed E-state index contributed by atoms with van der Waals surface area (Å²) in [4.78, 5) is 0. The zero-order valence-corrected chi connectivity index (χ0v) is 12.1. The molecule has 2 aromatic rings. The monoisotopic (exact) mass is 272 g/mol. The normalized spacial score (nSPS) is 18.9. The number of aryl methyl sites for hydroxylation is 1. The first-order chi connectivity index (χ1) is 9.88. The molecule has 2 heterocycles. The van der Waals surface area contributed by atoms with Crippen LogP contribution in [0.3, 0.4) is 0 Å². The van der Waals surface area contributed by atoms with E-state index >= 15 is 0 Å². The number of aromatic nitrogens is 1. The maximum Gasteiger partial charge on any atom is 0.0576 e. The van der Waals surface area contributed by atoms with Crippen molar-refractivity contribution in [3.8, 4) is 0 Å². The van der Waals surface area contributed by atoms with Gasteiger partial charge in [0.15, 0.2) is 0 Å². The predicted octanol–water partition coefficient (Wildman–Crippen LogP) is 3.10. The van der Waals surface area contributed by atoms with E-state index in [2.05, 4.69) is 35.0 Å². The van der Waals surface area contributed by atoms with Gasteiger partial charge in [0.05, 0.1) is 6.10 Å². The number of ether oxygens (including phenoxy) is 1. The van der Waals surface area contributed by atoms with Gasteiger partial charge in [-0.25, -0.2) is 0 Å². The summed E-state index contributed by atoms with van der Waals surface area (Å²) in [5, 5.41) is 1.36. The molecule has 1 fully saturated rings. The average Bonchev–Trinajstić information content (AvgIpc) is 3.10. The second-order valence-electron chi connectivity index (χ2n) is 5.68. The molecular formula is C17H24N2O. The second kappa shape index (κ2) is 6.42. The first kappa shape index (κ1) is 13.7. The van der Waals surface area contributed by atoms with Crippen molar-refractivity contribution < 1.29 is 4.74 Å². The number of nitrogens with two attached hydrogens (primary N) is 1. The summed E-state index contributed by atoms with van der Waals surface area (Å²) in [6, 6.07) is 8.77. The van der Waals surface area contributed by atoms with E-state index in [0.717, 1.165) is 19.6 Å². The van der Waals surface area contributed by atoms with Crippen LogP contribution in [0.2, 0.25) is 0 Å². The van der Waals surface area contributed by atoms with Gasteiger partial charge in [-0.05, 0) is 56.3 Å². The molecule has 2 N–H and O–H groups in total. The Bertz CT molecular complexity index is 555. The molecule has 3 heteroatoms. The van der Waals surface area contributed by atoms with E-state index in [1.165, 1.54) is 42.1 Å². The predicted molar refractivity (Wildman–Crippen MR) is 82.9 cm³/mol. The zero-order valence-electron chi connectivity index (χ0n) is 12.1. The van der Waals surface area contributed by atoms with E-state index in [4.69, 9.17) is 10.5 Å². The summed E-state index contributed by atoms with van der Waals surface area (Å²) in [7, 11) is 0. The van der Waals surface area contributed by atoms with Crippen LogP contribution in [0.1, 0.15) is 31.2 Å². The molecule has 108 valence electrons. The van der Waals surface area contributed by atoms with Gasteiger partial charge in [-0.3, -0.25) is 0 Å². The number of hydrogen-bond acceptors (Lipinski definition) is 2. The molecule has 0 saturated carbocycles. The minimum Gasteiger partial charge on any atom is -0.378 e. The van der Waals surface area contributed by atoms with Crippen LogP contribution in [0, 0.1) is 0 Å². The molecule has 1 unspecified atom stereocenters. The molecule has 0 aliphatic carbocycles. The van der Waals surface area contributed by atoms with E-state index in [1.54, 1.807) is 0 Å². The van der Waals surface area contributed by atoms with Crippen molar-refractivity contribution in [2.24, 2.45) is 5.73 Å². The van der Waals surface area contributed by atoms with Crippen LogP contribution in [-0.4, -0.2) is 23.8 Å². The Labute approximate surface area is 120 Å². The second-order valence-corrected chi connectivity index (χ2v) is 5.68. The highest BCUT2D eigenvalue weighted by Gasteiger charge is 2.14. The molecule has 1 atom stereocenters. The molecule has 3 rings (SSSR count). The largest absolute Gasteiger partial charge is 0.378 e. The highest BCUT2D eigenvalue weighted by molar-refractivity contribution is 5.83. The van der Waals surface area contributed by atoms with E-state index in [1.807, 2.05) is 0 Å². The first-order valence-corrected chi connectivity index (χ1v) is 7.77. The Morgan fingerprint density at radius 2 is 2.25 bits per heavy atom. The van der Waals surface area contributed by atoms with Crippen molar-refractivity contribution in [3.63, 3.8) is 0 Å². The quantitative estimate of drug-likeness (QED) is 0.877. The van der Waals surface area contributed by atoms with E-state index in [0.29, 0.717) is 12.6 Å². The topological polar surface area (TPSA) is 40.2 Å². The summed E-state index contributed by atoms with van der Waals surface area (Å²) >= 11 is 0. The molecule has 1 aromatic heterocycles. The third kappa shape index (κ3) is 2.89. The van der Waals surface area contributed by atoms with Crippen LogP contribution >= 0.6 is 0 Å². The van der Waals surface area contributed by atoms with Gasteiger partial charge in [0.2, 0.25) is 0 Å². The molecule has 1 saturated heterocycles. The average molecular weight is 272 g/mol. The highest BCUT2D eigenvalue weighted by atomic mass is 16.5. The number of hydrogen-bond donors (Lipinski definition) is 1. The summed E-state index contributed by atoms with van der Waals surface area (Å²) in [5.74, 6) is 0. The third-order valence-corrected chi connectivity index (χ3v) is 4.27. The Morgan fingerprint density at radius 1 is 1.30 bits per heavy atom. The third-order valence-electron chi connectivity index (χ3n) is 4.27. The van der Waals surface area contributed by atoms with Crippen molar-refractivity contribution in [1.82, 2.24) is 4.57 Å². The summed E-state index contributed by atoms with van der Waals surface area (Å²) in [5.41, 5.74) is 8.39. The minimum absolute atomic E-state index is 0.504. The Balaban J connectivity index is 1.67. The van der Waals surface area contributed by atoms with Gasteiger partial charge in [-0.15, -0.1) is 0 Å².